The zero-order valence-corrected chi connectivity index (χ0v) is 6.03. The van der Waals surface area contributed by atoms with Crippen molar-refractivity contribution in [2.75, 3.05) is 6.61 Å². The molecule has 0 heterocycles. The van der Waals surface area contributed by atoms with Gasteiger partial charge in [-0.1, -0.05) is 6.92 Å². The number of nitrogens with one attached hydrogen (secondary N) is 1. The van der Waals surface area contributed by atoms with Gasteiger partial charge in [0.25, 0.3) is 0 Å². The predicted molar refractivity (Wildman–Crippen MR) is 36.2 cm³/mol. The summed E-state index contributed by atoms with van der Waals surface area (Å²) in [5.41, 5.74) is 1.84. The van der Waals surface area contributed by atoms with Crippen molar-refractivity contribution >= 4 is 18.5 Å². The van der Waals surface area contributed by atoms with Crippen LogP contribution in [0, 0.1) is 0 Å². The highest BCUT2D eigenvalue weighted by Crippen LogP contribution is 1.78. The van der Waals surface area contributed by atoms with Crippen molar-refractivity contribution in [3.05, 3.63) is 0 Å². The fraction of sp³-hybridized carbons (Fsp3) is 0.750. The summed E-state index contributed by atoms with van der Waals surface area (Å²) in [6.45, 7) is 2.33. The van der Waals surface area contributed by atoms with E-state index in [4.69, 9.17) is 0 Å². The summed E-state index contributed by atoms with van der Waals surface area (Å²) in [7, 11) is 0. The number of ether oxygens (including phenoxy) is 1. The Bertz CT molecular complexity index is 79.0. The van der Waals surface area contributed by atoms with Crippen LogP contribution in [0.25, 0.3) is 0 Å². The molecule has 1 amide bonds. The molecule has 0 aromatic heterocycles. The average Bonchev–Trinajstić information content (AvgIpc) is 1.83. The Kier molecular flexibility index (Phi) is 9.47. The van der Waals surface area contributed by atoms with Crippen LogP contribution in [0.1, 0.15) is 13.3 Å². The Morgan fingerprint density at radius 1 is 1.78 bits per heavy atom. The van der Waals surface area contributed by atoms with E-state index in [0.29, 0.717) is 6.61 Å². The molecule has 4 nitrogen and oxygen atoms in total. The number of carbonyl (C=O) groups is 1. The van der Waals surface area contributed by atoms with Crippen molar-refractivity contribution in [3.63, 3.8) is 0 Å². The fourth-order valence-electron chi connectivity index (χ4n) is 0.236. The fourth-order valence-corrected chi connectivity index (χ4v) is 0.236. The molecule has 0 spiro atoms. The van der Waals surface area contributed by atoms with Crippen molar-refractivity contribution < 1.29 is 9.53 Å². The second kappa shape index (κ2) is 7.52. The monoisotopic (exact) mass is 154 g/mol. The highest BCUT2D eigenvalue weighted by Gasteiger charge is 1.92. The highest BCUT2D eigenvalue weighted by atomic mass is 35.5. The number of amides is 1. The molecule has 0 saturated carbocycles. The van der Waals surface area contributed by atoms with Gasteiger partial charge in [0, 0.05) is 0 Å². The van der Waals surface area contributed by atoms with Crippen LogP contribution in [0.2, 0.25) is 0 Å². The molecule has 0 aliphatic carbocycles. The van der Waals surface area contributed by atoms with Crippen LogP contribution in [0.3, 0.4) is 0 Å². The van der Waals surface area contributed by atoms with Gasteiger partial charge >= 0.3 is 6.09 Å². The number of halogens is 1. The normalized spacial score (nSPS) is 7.33. The maximum Gasteiger partial charge on any atom is 0.421 e. The molecular weight excluding hydrogens is 144 g/mol. The third-order valence-corrected chi connectivity index (χ3v) is 0.555. The van der Waals surface area contributed by atoms with Gasteiger partial charge in [-0.05, 0) is 6.42 Å². The average molecular weight is 155 g/mol. The zero-order chi connectivity index (χ0) is 6.41. The number of carbonyl (C=O) groups excluding carboxylic acids is 1. The van der Waals surface area contributed by atoms with Crippen LogP contribution in [-0.4, -0.2) is 12.7 Å². The lowest BCUT2D eigenvalue weighted by atomic mass is 10.5. The Morgan fingerprint density at radius 3 is 2.67 bits per heavy atom. The van der Waals surface area contributed by atoms with Crippen LogP contribution >= 0.6 is 12.4 Å². The van der Waals surface area contributed by atoms with Gasteiger partial charge in [-0.2, -0.15) is 0 Å². The molecular formula is C4H11ClN2O2. The van der Waals surface area contributed by atoms with Gasteiger partial charge in [-0.25, -0.2) is 10.6 Å². The molecule has 0 aliphatic rings. The van der Waals surface area contributed by atoms with E-state index in [1.807, 2.05) is 12.3 Å². The molecule has 0 unspecified atom stereocenters. The predicted octanol–water partition coefficient (Wildman–Crippen LogP) is 0.418. The first-order chi connectivity index (χ1) is 3.81. The lowest BCUT2D eigenvalue weighted by Gasteiger charge is -1.98. The van der Waals surface area contributed by atoms with Crippen LogP contribution < -0.4 is 11.3 Å². The summed E-state index contributed by atoms with van der Waals surface area (Å²) in [5, 5.41) is 0. The van der Waals surface area contributed by atoms with Crippen molar-refractivity contribution in [1.82, 2.24) is 5.43 Å². The third-order valence-electron chi connectivity index (χ3n) is 0.555. The molecule has 0 fully saturated rings. The molecule has 0 radical (unpaired) electrons. The molecule has 0 aliphatic heterocycles. The number of hydrogen-bond acceptors (Lipinski definition) is 3. The van der Waals surface area contributed by atoms with Crippen LogP contribution in [0.4, 0.5) is 4.79 Å². The highest BCUT2D eigenvalue weighted by molar-refractivity contribution is 5.85. The van der Waals surface area contributed by atoms with Gasteiger partial charge in [0.05, 0.1) is 6.61 Å². The largest absolute Gasteiger partial charge is 0.449 e. The van der Waals surface area contributed by atoms with Crippen LogP contribution in [0.15, 0.2) is 0 Å². The molecule has 9 heavy (non-hydrogen) atoms. The van der Waals surface area contributed by atoms with Gasteiger partial charge in [0.2, 0.25) is 0 Å². The minimum absolute atomic E-state index is 0. The first kappa shape index (κ1) is 11.3. The molecule has 3 N–H and O–H groups in total. The molecule has 0 rings (SSSR count). The summed E-state index contributed by atoms with van der Waals surface area (Å²) in [5.74, 6) is 4.69. The van der Waals surface area contributed by atoms with Crippen LogP contribution in [0.5, 0.6) is 0 Å². The molecule has 0 aromatic rings. The molecule has 0 bridgehead atoms. The van der Waals surface area contributed by atoms with E-state index in [1.165, 1.54) is 0 Å². The zero-order valence-electron chi connectivity index (χ0n) is 5.22. The number of hydrazine groups is 1. The van der Waals surface area contributed by atoms with Gasteiger partial charge < -0.3 is 4.74 Å². The summed E-state index contributed by atoms with van der Waals surface area (Å²) < 4.78 is 4.47. The van der Waals surface area contributed by atoms with Crippen molar-refractivity contribution in [1.29, 1.82) is 0 Å². The topological polar surface area (TPSA) is 64.3 Å². The Labute approximate surface area is 60.1 Å². The van der Waals surface area contributed by atoms with E-state index in [2.05, 4.69) is 10.6 Å². The van der Waals surface area contributed by atoms with Crippen molar-refractivity contribution in [2.45, 2.75) is 13.3 Å². The molecule has 0 atom stereocenters. The van der Waals surface area contributed by atoms with Crippen molar-refractivity contribution in [3.8, 4) is 0 Å². The smallest absolute Gasteiger partial charge is 0.421 e. The van der Waals surface area contributed by atoms with E-state index in [1.54, 1.807) is 0 Å². The quantitative estimate of drug-likeness (QED) is 0.344. The van der Waals surface area contributed by atoms with Gasteiger partial charge in [-0.3, -0.25) is 5.43 Å². The number of rotatable bonds is 2. The van der Waals surface area contributed by atoms with E-state index < -0.39 is 6.09 Å². The second-order valence-electron chi connectivity index (χ2n) is 1.28. The third kappa shape index (κ3) is 7.52. The number of nitrogens with two attached hydrogens (primary N) is 1. The minimum Gasteiger partial charge on any atom is -0.449 e. The van der Waals surface area contributed by atoms with Crippen LogP contribution in [-0.2, 0) is 4.74 Å². The lowest BCUT2D eigenvalue weighted by Crippen LogP contribution is -2.30. The van der Waals surface area contributed by atoms with E-state index in [9.17, 15) is 4.79 Å². The van der Waals surface area contributed by atoms with E-state index in [0.717, 1.165) is 6.42 Å². The van der Waals surface area contributed by atoms with E-state index >= 15 is 0 Å². The SMILES string of the molecule is CCCOC(=O)NN.Cl. The molecule has 0 saturated heterocycles. The molecule has 56 valence electrons. The maximum atomic E-state index is 10.1. The van der Waals surface area contributed by atoms with Gasteiger partial charge in [-0.15, -0.1) is 12.4 Å². The maximum absolute atomic E-state index is 10.1. The standard InChI is InChI=1S/C4H10N2O2.ClH/c1-2-3-8-4(7)6-5;/h2-3,5H2,1H3,(H,6,7);1H. The first-order valence-corrected chi connectivity index (χ1v) is 2.44. The van der Waals surface area contributed by atoms with Gasteiger partial charge in [0.15, 0.2) is 0 Å². The summed E-state index contributed by atoms with van der Waals surface area (Å²) in [6, 6.07) is 0. The minimum atomic E-state index is -0.577. The number of hydrogen-bond donors (Lipinski definition) is 2. The Balaban J connectivity index is 0. The Morgan fingerprint density at radius 2 is 2.33 bits per heavy atom. The lowest BCUT2D eigenvalue weighted by molar-refractivity contribution is 0.146. The molecule has 5 heteroatoms. The van der Waals surface area contributed by atoms with Crippen molar-refractivity contribution in [2.24, 2.45) is 5.84 Å². The summed E-state index contributed by atoms with van der Waals surface area (Å²) in [6.07, 6.45) is 0.236. The first-order valence-electron chi connectivity index (χ1n) is 2.44. The Hall–Kier alpha value is -0.480. The summed E-state index contributed by atoms with van der Waals surface area (Å²) >= 11 is 0. The van der Waals surface area contributed by atoms with Gasteiger partial charge in [0.1, 0.15) is 0 Å². The summed E-state index contributed by atoms with van der Waals surface area (Å²) in [4.78, 5) is 10.1. The molecule has 0 aromatic carbocycles. The van der Waals surface area contributed by atoms with E-state index in [-0.39, 0.29) is 12.4 Å². The second-order valence-corrected chi connectivity index (χ2v) is 1.28.